The number of aliphatic hydroxyl groups excluding tert-OH is 2. The molecule has 0 aliphatic carbocycles. The first-order valence-corrected chi connectivity index (χ1v) is 5.47. The SMILES string of the molecule is COC1C(O)[C@@H](CO)O[C@H]1n1cc(F)c(=O)[nH]c1=O. The van der Waals surface area contributed by atoms with Crippen LogP contribution in [-0.2, 0) is 9.47 Å². The molecule has 0 radical (unpaired) electrons. The molecule has 0 saturated carbocycles. The van der Waals surface area contributed by atoms with Gasteiger partial charge in [0, 0.05) is 7.11 Å². The Labute approximate surface area is 106 Å². The van der Waals surface area contributed by atoms with E-state index in [1.807, 2.05) is 0 Å². The number of methoxy groups -OCH3 is 1. The van der Waals surface area contributed by atoms with Gasteiger partial charge in [0.15, 0.2) is 6.23 Å². The molecule has 2 unspecified atom stereocenters. The summed E-state index contributed by atoms with van der Waals surface area (Å²) in [6, 6.07) is 0. The van der Waals surface area contributed by atoms with Gasteiger partial charge in [0.05, 0.1) is 12.8 Å². The number of ether oxygens (including phenoxy) is 2. The summed E-state index contributed by atoms with van der Waals surface area (Å²) in [7, 11) is 1.27. The molecule has 2 rings (SSSR count). The van der Waals surface area contributed by atoms with E-state index in [9.17, 15) is 19.1 Å². The number of rotatable bonds is 3. The highest BCUT2D eigenvalue weighted by Crippen LogP contribution is 2.30. The van der Waals surface area contributed by atoms with Crippen LogP contribution in [-0.4, -0.2) is 51.8 Å². The summed E-state index contributed by atoms with van der Waals surface area (Å²) in [4.78, 5) is 24.3. The zero-order chi connectivity index (χ0) is 14.2. The van der Waals surface area contributed by atoms with Crippen molar-refractivity contribution in [3.63, 3.8) is 0 Å². The number of nitrogens with one attached hydrogen (secondary N) is 1. The zero-order valence-electron chi connectivity index (χ0n) is 9.95. The summed E-state index contributed by atoms with van der Waals surface area (Å²) in [5, 5.41) is 18.8. The fourth-order valence-electron chi connectivity index (χ4n) is 2.00. The summed E-state index contributed by atoms with van der Waals surface area (Å²) in [5.74, 6) is -1.17. The van der Waals surface area contributed by atoms with Gasteiger partial charge in [-0.2, -0.15) is 4.39 Å². The number of halogens is 1. The van der Waals surface area contributed by atoms with Crippen LogP contribution in [0.5, 0.6) is 0 Å². The maximum absolute atomic E-state index is 13.2. The molecule has 2 heterocycles. The second-order valence-electron chi connectivity index (χ2n) is 4.08. The largest absolute Gasteiger partial charge is 0.394 e. The molecule has 3 N–H and O–H groups in total. The zero-order valence-corrected chi connectivity index (χ0v) is 9.95. The Hall–Kier alpha value is -1.55. The van der Waals surface area contributed by atoms with E-state index < -0.39 is 48.2 Å². The molecule has 8 nitrogen and oxygen atoms in total. The fourth-order valence-corrected chi connectivity index (χ4v) is 2.00. The molecule has 1 saturated heterocycles. The minimum Gasteiger partial charge on any atom is -0.394 e. The van der Waals surface area contributed by atoms with E-state index in [4.69, 9.17) is 14.6 Å². The van der Waals surface area contributed by atoms with E-state index in [0.29, 0.717) is 6.20 Å². The number of H-pyrrole nitrogens is 1. The summed E-state index contributed by atoms with van der Waals surface area (Å²) in [5.41, 5.74) is -2.04. The highest BCUT2D eigenvalue weighted by atomic mass is 19.1. The molecule has 0 spiro atoms. The Balaban J connectivity index is 2.44. The highest BCUT2D eigenvalue weighted by molar-refractivity contribution is 4.95. The third-order valence-electron chi connectivity index (χ3n) is 2.96. The number of nitrogens with zero attached hydrogens (tertiary/aromatic N) is 1. The minimum absolute atomic E-state index is 0.488. The number of aromatic nitrogens is 2. The van der Waals surface area contributed by atoms with Gasteiger partial charge in [-0.15, -0.1) is 0 Å². The van der Waals surface area contributed by atoms with Crippen molar-refractivity contribution in [3.8, 4) is 0 Å². The van der Waals surface area contributed by atoms with E-state index in [1.54, 1.807) is 4.98 Å². The summed E-state index contributed by atoms with van der Waals surface area (Å²) >= 11 is 0. The van der Waals surface area contributed by atoms with E-state index >= 15 is 0 Å². The molecular weight excluding hydrogens is 263 g/mol. The van der Waals surface area contributed by atoms with Crippen molar-refractivity contribution in [2.24, 2.45) is 0 Å². The summed E-state index contributed by atoms with van der Waals surface area (Å²) in [6.07, 6.45) is -3.58. The molecule has 106 valence electrons. The topological polar surface area (TPSA) is 114 Å². The third-order valence-corrected chi connectivity index (χ3v) is 2.96. The number of hydrogen-bond donors (Lipinski definition) is 3. The van der Waals surface area contributed by atoms with Crippen LogP contribution >= 0.6 is 0 Å². The lowest BCUT2D eigenvalue weighted by Gasteiger charge is -2.20. The van der Waals surface area contributed by atoms with Gasteiger partial charge in [0.2, 0.25) is 5.82 Å². The van der Waals surface area contributed by atoms with Gasteiger partial charge in [-0.05, 0) is 0 Å². The second kappa shape index (κ2) is 5.21. The van der Waals surface area contributed by atoms with Gasteiger partial charge < -0.3 is 19.7 Å². The Morgan fingerprint density at radius 1 is 1.58 bits per heavy atom. The van der Waals surface area contributed by atoms with Crippen LogP contribution in [0, 0.1) is 5.82 Å². The predicted octanol–water partition coefficient (Wildman–Crippen LogP) is -2.06. The number of hydrogen-bond acceptors (Lipinski definition) is 6. The lowest BCUT2D eigenvalue weighted by molar-refractivity contribution is -0.0629. The van der Waals surface area contributed by atoms with Crippen LogP contribution in [0.3, 0.4) is 0 Å². The summed E-state index contributed by atoms with van der Waals surface area (Å²) in [6.45, 7) is -0.488. The van der Waals surface area contributed by atoms with E-state index in [1.165, 1.54) is 7.11 Å². The molecule has 1 fully saturated rings. The molecule has 19 heavy (non-hydrogen) atoms. The standard InChI is InChI=1S/C10H13FN2O6/c1-18-7-6(15)5(3-14)19-9(7)13-2-4(11)8(16)12-10(13)17/h2,5-7,9,14-15H,3H2,1H3,(H,12,16,17)/t5-,6?,7?,9-/m1/s1. The van der Waals surface area contributed by atoms with Crippen LogP contribution in [0.1, 0.15) is 6.23 Å². The average molecular weight is 276 g/mol. The lowest BCUT2D eigenvalue weighted by Crippen LogP contribution is -2.39. The molecule has 0 aromatic carbocycles. The Bertz CT molecular complexity index is 570. The Kier molecular flexibility index (Phi) is 3.80. The van der Waals surface area contributed by atoms with Gasteiger partial charge in [0.25, 0.3) is 5.56 Å². The smallest absolute Gasteiger partial charge is 0.330 e. The molecule has 4 atom stereocenters. The molecule has 1 aromatic rings. The first-order valence-electron chi connectivity index (χ1n) is 5.47. The van der Waals surface area contributed by atoms with Crippen LogP contribution < -0.4 is 11.2 Å². The fraction of sp³-hybridized carbons (Fsp3) is 0.600. The number of aliphatic hydroxyl groups is 2. The van der Waals surface area contributed by atoms with Crippen LogP contribution in [0.2, 0.25) is 0 Å². The van der Waals surface area contributed by atoms with Crippen LogP contribution in [0.25, 0.3) is 0 Å². The van der Waals surface area contributed by atoms with Crippen molar-refractivity contribution < 1.29 is 24.1 Å². The van der Waals surface area contributed by atoms with Gasteiger partial charge in [0.1, 0.15) is 18.3 Å². The Morgan fingerprint density at radius 3 is 2.84 bits per heavy atom. The minimum atomic E-state index is -1.18. The molecule has 9 heteroatoms. The molecule has 1 aliphatic heterocycles. The van der Waals surface area contributed by atoms with Crippen molar-refractivity contribution in [3.05, 3.63) is 32.9 Å². The normalized spacial score (nSPS) is 30.7. The van der Waals surface area contributed by atoms with Crippen molar-refractivity contribution in [2.45, 2.75) is 24.5 Å². The van der Waals surface area contributed by atoms with Gasteiger partial charge in [-0.25, -0.2) is 4.79 Å². The van der Waals surface area contributed by atoms with Gasteiger partial charge in [-0.3, -0.25) is 14.3 Å². The van der Waals surface area contributed by atoms with Crippen molar-refractivity contribution in [1.82, 2.24) is 9.55 Å². The third kappa shape index (κ3) is 2.32. The van der Waals surface area contributed by atoms with Gasteiger partial charge >= 0.3 is 5.69 Å². The molecule has 0 amide bonds. The van der Waals surface area contributed by atoms with E-state index in [2.05, 4.69) is 0 Å². The average Bonchev–Trinajstić information content (AvgIpc) is 2.70. The quantitative estimate of drug-likeness (QED) is 0.585. The predicted molar refractivity (Wildman–Crippen MR) is 59.1 cm³/mol. The van der Waals surface area contributed by atoms with Crippen LogP contribution in [0.4, 0.5) is 4.39 Å². The molecule has 1 aromatic heterocycles. The lowest BCUT2D eigenvalue weighted by atomic mass is 10.1. The van der Waals surface area contributed by atoms with Crippen molar-refractivity contribution >= 4 is 0 Å². The van der Waals surface area contributed by atoms with Crippen molar-refractivity contribution in [1.29, 1.82) is 0 Å². The Morgan fingerprint density at radius 2 is 2.26 bits per heavy atom. The first-order chi connectivity index (χ1) is 8.99. The maximum Gasteiger partial charge on any atom is 0.330 e. The molecular formula is C10H13FN2O6. The van der Waals surface area contributed by atoms with E-state index in [-0.39, 0.29) is 0 Å². The van der Waals surface area contributed by atoms with E-state index in [0.717, 1.165) is 4.57 Å². The van der Waals surface area contributed by atoms with Crippen LogP contribution in [0.15, 0.2) is 15.8 Å². The number of aromatic amines is 1. The first kappa shape index (κ1) is 13.9. The highest BCUT2D eigenvalue weighted by Gasteiger charge is 2.45. The summed E-state index contributed by atoms with van der Waals surface area (Å²) < 4.78 is 24.2. The molecule has 1 aliphatic rings. The van der Waals surface area contributed by atoms with Crippen molar-refractivity contribution in [2.75, 3.05) is 13.7 Å². The second-order valence-corrected chi connectivity index (χ2v) is 4.08. The maximum atomic E-state index is 13.2. The molecule has 0 bridgehead atoms. The van der Waals surface area contributed by atoms with Gasteiger partial charge in [-0.1, -0.05) is 0 Å². The monoisotopic (exact) mass is 276 g/mol.